The van der Waals surface area contributed by atoms with Crippen molar-refractivity contribution >= 4 is 17.2 Å². The summed E-state index contributed by atoms with van der Waals surface area (Å²) in [7, 11) is 0. The predicted octanol–water partition coefficient (Wildman–Crippen LogP) is -0.490. The van der Waals surface area contributed by atoms with Crippen molar-refractivity contribution in [3.05, 3.63) is 28.5 Å². The van der Waals surface area contributed by atoms with Crippen LogP contribution in [0.2, 0.25) is 0 Å². The van der Waals surface area contributed by atoms with Gasteiger partial charge in [-0.3, -0.25) is 9.78 Å². The Kier molecular flexibility index (Phi) is 3.78. The molecule has 2 rings (SSSR count). The molecule has 0 aliphatic rings. The lowest BCUT2D eigenvalue weighted by atomic mass is 10.5. The zero-order valence-electron chi connectivity index (χ0n) is 9.04. The van der Waals surface area contributed by atoms with Crippen LogP contribution in [0.25, 0.3) is 0 Å². The predicted molar refractivity (Wildman–Crippen MR) is 61.9 cm³/mol. The van der Waals surface area contributed by atoms with Crippen molar-refractivity contribution in [2.45, 2.75) is 19.6 Å². The van der Waals surface area contributed by atoms with Crippen LogP contribution in [0.3, 0.4) is 0 Å². The number of hydrogen-bond acceptors (Lipinski definition) is 6. The van der Waals surface area contributed by atoms with Crippen LogP contribution in [0.4, 0.5) is 0 Å². The van der Waals surface area contributed by atoms with Crippen LogP contribution in [0, 0.1) is 0 Å². The molecule has 0 unspecified atom stereocenters. The molecule has 0 aliphatic carbocycles. The van der Waals surface area contributed by atoms with Gasteiger partial charge in [-0.25, -0.2) is 4.68 Å². The maximum Gasteiger partial charge on any atom is 0.242 e. The first-order chi connectivity index (χ1) is 8.28. The fraction of sp³-hybridized carbons (Fsp3) is 0.333. The molecule has 3 N–H and O–H groups in total. The molecule has 0 bridgehead atoms. The summed E-state index contributed by atoms with van der Waals surface area (Å²) in [5.41, 5.74) is 7.79. The first-order valence-electron chi connectivity index (χ1n) is 5.01. The van der Waals surface area contributed by atoms with Crippen molar-refractivity contribution in [1.82, 2.24) is 25.3 Å². The molecule has 0 saturated carbocycles. The summed E-state index contributed by atoms with van der Waals surface area (Å²) < 4.78 is 1.46. The Morgan fingerprint density at radius 2 is 2.47 bits per heavy atom. The van der Waals surface area contributed by atoms with Gasteiger partial charge >= 0.3 is 0 Å². The van der Waals surface area contributed by atoms with E-state index in [9.17, 15) is 4.79 Å². The van der Waals surface area contributed by atoms with Gasteiger partial charge in [0.1, 0.15) is 6.54 Å². The van der Waals surface area contributed by atoms with Crippen LogP contribution in [0.5, 0.6) is 0 Å². The van der Waals surface area contributed by atoms with E-state index < -0.39 is 0 Å². The molecule has 0 aliphatic heterocycles. The van der Waals surface area contributed by atoms with Crippen molar-refractivity contribution in [1.29, 1.82) is 0 Å². The van der Waals surface area contributed by atoms with Crippen LogP contribution in [0.1, 0.15) is 10.6 Å². The van der Waals surface area contributed by atoms with Crippen LogP contribution in [-0.2, 0) is 24.4 Å². The van der Waals surface area contributed by atoms with Crippen LogP contribution >= 0.6 is 11.3 Å². The lowest BCUT2D eigenvalue weighted by molar-refractivity contribution is -0.122. The summed E-state index contributed by atoms with van der Waals surface area (Å²) in [6, 6.07) is 0. The quantitative estimate of drug-likeness (QED) is 0.748. The van der Waals surface area contributed by atoms with Gasteiger partial charge in [-0.2, -0.15) is 0 Å². The van der Waals surface area contributed by atoms with Crippen LogP contribution < -0.4 is 11.1 Å². The van der Waals surface area contributed by atoms with Gasteiger partial charge in [-0.1, -0.05) is 5.21 Å². The van der Waals surface area contributed by atoms with Gasteiger partial charge in [0.25, 0.3) is 0 Å². The lowest BCUT2D eigenvalue weighted by Crippen LogP contribution is -2.27. The molecule has 1 amide bonds. The molecule has 2 aromatic heterocycles. The second-order valence-electron chi connectivity index (χ2n) is 3.36. The van der Waals surface area contributed by atoms with Crippen molar-refractivity contribution in [2.24, 2.45) is 5.73 Å². The van der Waals surface area contributed by atoms with E-state index >= 15 is 0 Å². The smallest absolute Gasteiger partial charge is 0.242 e. The zero-order chi connectivity index (χ0) is 12.1. The number of rotatable bonds is 5. The Bertz CT molecular complexity index is 479. The van der Waals surface area contributed by atoms with Gasteiger partial charge in [0.15, 0.2) is 0 Å². The number of nitrogens with two attached hydrogens (primary N) is 1. The Morgan fingerprint density at radius 3 is 3.12 bits per heavy atom. The van der Waals surface area contributed by atoms with Crippen LogP contribution in [-0.4, -0.2) is 25.9 Å². The lowest BCUT2D eigenvalue weighted by Gasteiger charge is -2.02. The second-order valence-corrected chi connectivity index (χ2v) is 4.33. The van der Waals surface area contributed by atoms with Crippen molar-refractivity contribution in [3.8, 4) is 0 Å². The van der Waals surface area contributed by atoms with Gasteiger partial charge in [0, 0.05) is 17.6 Å². The normalized spacial score (nSPS) is 10.4. The third-order valence-electron chi connectivity index (χ3n) is 2.04. The van der Waals surface area contributed by atoms with Gasteiger partial charge in [0.2, 0.25) is 5.91 Å². The summed E-state index contributed by atoms with van der Waals surface area (Å²) >= 11 is 1.50. The molecule has 0 radical (unpaired) electrons. The minimum Gasteiger partial charge on any atom is -0.350 e. The Morgan fingerprint density at radius 1 is 1.59 bits per heavy atom. The summed E-state index contributed by atoms with van der Waals surface area (Å²) in [6.07, 6.45) is 3.39. The van der Waals surface area contributed by atoms with E-state index in [2.05, 4.69) is 20.6 Å². The van der Waals surface area contributed by atoms with Gasteiger partial charge in [-0.05, 0) is 0 Å². The van der Waals surface area contributed by atoms with E-state index in [1.807, 2.05) is 0 Å². The SMILES string of the molecule is NCc1cn(CC(=O)NCc2cncs2)nn1. The first-order valence-corrected chi connectivity index (χ1v) is 5.89. The fourth-order valence-corrected chi connectivity index (χ4v) is 1.76. The minimum absolute atomic E-state index is 0.119. The number of carbonyl (C=O) groups is 1. The average molecular weight is 252 g/mol. The molecule has 2 heterocycles. The highest BCUT2D eigenvalue weighted by Crippen LogP contribution is 2.03. The van der Waals surface area contributed by atoms with Crippen molar-refractivity contribution in [3.63, 3.8) is 0 Å². The number of carbonyl (C=O) groups excluding carboxylic acids is 1. The van der Waals surface area contributed by atoms with Gasteiger partial charge in [-0.15, -0.1) is 16.4 Å². The highest BCUT2D eigenvalue weighted by atomic mass is 32.1. The number of thiazole rings is 1. The number of nitrogens with one attached hydrogen (secondary N) is 1. The van der Waals surface area contributed by atoms with E-state index in [-0.39, 0.29) is 12.5 Å². The second kappa shape index (κ2) is 5.51. The summed E-state index contributed by atoms with van der Waals surface area (Å²) in [5, 5.41) is 10.4. The molecular formula is C9H12N6OS. The highest BCUT2D eigenvalue weighted by molar-refractivity contribution is 7.09. The molecule has 0 saturated heterocycles. The molecule has 0 spiro atoms. The zero-order valence-corrected chi connectivity index (χ0v) is 9.85. The molecule has 0 aromatic carbocycles. The van der Waals surface area contributed by atoms with E-state index in [1.165, 1.54) is 16.0 Å². The third kappa shape index (κ3) is 3.33. The molecule has 90 valence electrons. The fourth-order valence-electron chi connectivity index (χ4n) is 1.23. The van der Waals surface area contributed by atoms with E-state index in [4.69, 9.17) is 5.73 Å². The average Bonchev–Trinajstić information content (AvgIpc) is 2.97. The summed E-state index contributed by atoms with van der Waals surface area (Å²) in [6.45, 7) is 0.955. The minimum atomic E-state index is -0.119. The van der Waals surface area contributed by atoms with E-state index in [1.54, 1.807) is 17.9 Å². The maximum absolute atomic E-state index is 11.6. The van der Waals surface area contributed by atoms with E-state index in [0.717, 1.165) is 4.88 Å². The Balaban J connectivity index is 1.81. The molecule has 0 atom stereocenters. The largest absolute Gasteiger partial charge is 0.350 e. The topological polar surface area (TPSA) is 98.7 Å². The molecular weight excluding hydrogens is 240 g/mol. The highest BCUT2D eigenvalue weighted by Gasteiger charge is 2.05. The maximum atomic E-state index is 11.6. The standard InChI is InChI=1S/C9H12N6OS/c10-1-7-4-15(14-13-7)5-9(16)12-3-8-2-11-6-17-8/h2,4,6H,1,3,5,10H2,(H,12,16). The van der Waals surface area contributed by atoms with E-state index in [0.29, 0.717) is 18.8 Å². The first kappa shape index (κ1) is 11.7. The van der Waals surface area contributed by atoms with Crippen molar-refractivity contribution in [2.75, 3.05) is 0 Å². The number of nitrogens with zero attached hydrogens (tertiary/aromatic N) is 4. The van der Waals surface area contributed by atoms with Crippen LogP contribution in [0.15, 0.2) is 17.9 Å². The third-order valence-corrected chi connectivity index (χ3v) is 2.82. The Hall–Kier alpha value is -1.80. The molecule has 17 heavy (non-hydrogen) atoms. The molecule has 8 heteroatoms. The molecule has 2 aromatic rings. The number of aromatic nitrogens is 4. The van der Waals surface area contributed by atoms with Crippen molar-refractivity contribution < 1.29 is 4.79 Å². The van der Waals surface area contributed by atoms with Gasteiger partial charge in [0.05, 0.1) is 23.9 Å². The monoisotopic (exact) mass is 252 g/mol. The molecule has 7 nitrogen and oxygen atoms in total. The Labute approximate surface area is 102 Å². The number of hydrogen-bond donors (Lipinski definition) is 2. The summed E-state index contributed by atoms with van der Waals surface area (Å²) in [4.78, 5) is 16.5. The van der Waals surface area contributed by atoms with Gasteiger partial charge < -0.3 is 11.1 Å². The summed E-state index contributed by atoms with van der Waals surface area (Å²) in [5.74, 6) is -0.119. The number of amides is 1. The molecule has 0 fully saturated rings.